The highest BCUT2D eigenvalue weighted by molar-refractivity contribution is 9.09. The molecule has 0 aliphatic heterocycles. The van der Waals surface area contributed by atoms with Crippen LogP contribution in [0.5, 0.6) is 0 Å². The fraction of sp³-hybridized carbons (Fsp3) is 0.273. The normalized spacial score (nSPS) is 13.0. The lowest BCUT2D eigenvalue weighted by Gasteiger charge is -2.14. The predicted octanol–water partition coefficient (Wildman–Crippen LogP) is 4.64. The average molecular weight is 297 g/mol. The molecule has 1 aromatic carbocycles. The van der Waals surface area contributed by atoms with E-state index < -0.39 is 17.6 Å². The maximum Gasteiger partial charge on any atom is 0.417 e. The molecular weight excluding hydrogens is 288 g/mol. The Morgan fingerprint density at radius 2 is 2.00 bits per heavy atom. The van der Waals surface area contributed by atoms with E-state index in [1.165, 1.54) is 6.08 Å². The van der Waals surface area contributed by atoms with E-state index in [0.29, 0.717) is 0 Å². The fourth-order valence-electron chi connectivity index (χ4n) is 1.38. The molecule has 0 aliphatic carbocycles. The highest BCUT2D eigenvalue weighted by atomic mass is 79.9. The highest BCUT2D eigenvalue weighted by Crippen LogP contribution is 2.36. The molecule has 0 nitrogen and oxygen atoms in total. The number of hydrogen-bond donors (Lipinski definition) is 0. The molecule has 0 spiro atoms. The van der Waals surface area contributed by atoms with Gasteiger partial charge in [0.05, 0.1) is 5.56 Å². The monoisotopic (exact) mass is 296 g/mol. The first-order chi connectivity index (χ1) is 7.41. The second-order valence-corrected chi connectivity index (χ2v) is 3.67. The van der Waals surface area contributed by atoms with Gasteiger partial charge in [0.25, 0.3) is 0 Å². The minimum atomic E-state index is -4.55. The summed E-state index contributed by atoms with van der Waals surface area (Å²) in [5.41, 5.74) is -1.04. The first kappa shape index (κ1) is 13.2. The molecule has 0 bridgehead atoms. The molecule has 0 aliphatic rings. The van der Waals surface area contributed by atoms with Crippen molar-refractivity contribution in [2.45, 2.75) is 13.1 Å². The third-order valence-electron chi connectivity index (χ3n) is 2.13. The standard InChI is InChI=1S/C11H9BrF4/c1-2-7(6-12)10-8(11(14,15)16)4-3-5-9(10)13/h2-5H,6H2,1H3. The number of halogens is 5. The lowest BCUT2D eigenvalue weighted by molar-refractivity contribution is -0.138. The zero-order chi connectivity index (χ0) is 12.3. The van der Waals surface area contributed by atoms with Gasteiger partial charge >= 0.3 is 6.18 Å². The summed E-state index contributed by atoms with van der Waals surface area (Å²) in [4.78, 5) is 0. The summed E-state index contributed by atoms with van der Waals surface area (Å²) in [5.74, 6) is -0.859. The second-order valence-electron chi connectivity index (χ2n) is 3.11. The van der Waals surface area contributed by atoms with Crippen LogP contribution >= 0.6 is 15.9 Å². The van der Waals surface area contributed by atoms with Gasteiger partial charge in [0.2, 0.25) is 0 Å². The van der Waals surface area contributed by atoms with Gasteiger partial charge in [-0.3, -0.25) is 0 Å². The number of allylic oxidation sites excluding steroid dienone is 2. The Morgan fingerprint density at radius 1 is 1.38 bits per heavy atom. The molecular formula is C11H9BrF4. The summed E-state index contributed by atoms with van der Waals surface area (Å²) in [5, 5.41) is 0.174. The van der Waals surface area contributed by atoms with E-state index in [-0.39, 0.29) is 16.5 Å². The topological polar surface area (TPSA) is 0 Å². The predicted molar refractivity (Wildman–Crippen MR) is 58.8 cm³/mol. The van der Waals surface area contributed by atoms with E-state index >= 15 is 0 Å². The molecule has 16 heavy (non-hydrogen) atoms. The van der Waals surface area contributed by atoms with Crippen molar-refractivity contribution in [2.75, 3.05) is 5.33 Å². The molecule has 0 N–H and O–H groups in total. The van der Waals surface area contributed by atoms with Gasteiger partial charge in [0, 0.05) is 10.9 Å². The van der Waals surface area contributed by atoms with Crippen LogP contribution in [-0.2, 0) is 6.18 Å². The zero-order valence-electron chi connectivity index (χ0n) is 8.41. The molecule has 1 rings (SSSR count). The van der Waals surface area contributed by atoms with Crippen molar-refractivity contribution in [1.82, 2.24) is 0 Å². The van der Waals surface area contributed by atoms with Crippen molar-refractivity contribution in [2.24, 2.45) is 0 Å². The van der Waals surface area contributed by atoms with Gasteiger partial charge in [0.1, 0.15) is 5.82 Å². The zero-order valence-corrected chi connectivity index (χ0v) is 9.99. The Hall–Kier alpha value is -0.840. The van der Waals surface area contributed by atoms with Crippen LogP contribution in [0.3, 0.4) is 0 Å². The molecule has 0 saturated heterocycles. The summed E-state index contributed by atoms with van der Waals surface area (Å²) in [6, 6.07) is 2.96. The van der Waals surface area contributed by atoms with Crippen LogP contribution in [0.15, 0.2) is 24.3 Å². The molecule has 0 radical (unpaired) electrons. The van der Waals surface area contributed by atoms with E-state index in [4.69, 9.17) is 0 Å². The van der Waals surface area contributed by atoms with Crippen LogP contribution in [0.1, 0.15) is 18.1 Å². The number of hydrogen-bond acceptors (Lipinski definition) is 0. The molecule has 0 heterocycles. The van der Waals surface area contributed by atoms with Crippen molar-refractivity contribution in [3.05, 3.63) is 41.2 Å². The maximum atomic E-state index is 13.4. The lowest BCUT2D eigenvalue weighted by atomic mass is 9.99. The van der Waals surface area contributed by atoms with Gasteiger partial charge in [0.15, 0.2) is 0 Å². The Labute approximate surface area is 99.1 Å². The first-order valence-electron chi connectivity index (χ1n) is 4.49. The molecule has 1 aromatic rings. The quantitative estimate of drug-likeness (QED) is 0.551. The SMILES string of the molecule is CC=C(CBr)c1c(F)cccc1C(F)(F)F. The van der Waals surface area contributed by atoms with Crippen LogP contribution in [-0.4, -0.2) is 5.33 Å². The third kappa shape index (κ3) is 2.64. The minimum Gasteiger partial charge on any atom is -0.206 e. The molecule has 0 amide bonds. The Bertz CT molecular complexity index is 407. The Kier molecular flexibility index (Phi) is 4.13. The highest BCUT2D eigenvalue weighted by Gasteiger charge is 2.35. The molecule has 0 unspecified atom stereocenters. The van der Waals surface area contributed by atoms with E-state index in [9.17, 15) is 17.6 Å². The molecule has 0 aromatic heterocycles. The Morgan fingerprint density at radius 3 is 2.44 bits per heavy atom. The van der Waals surface area contributed by atoms with Crippen LogP contribution < -0.4 is 0 Å². The summed E-state index contributed by atoms with van der Waals surface area (Å²) in [6.07, 6.45) is -3.09. The molecule has 88 valence electrons. The maximum absolute atomic E-state index is 13.4. The molecule has 0 fully saturated rings. The van der Waals surface area contributed by atoms with Crippen LogP contribution in [0, 0.1) is 5.82 Å². The van der Waals surface area contributed by atoms with Crippen molar-refractivity contribution < 1.29 is 17.6 Å². The van der Waals surface area contributed by atoms with Gasteiger partial charge < -0.3 is 0 Å². The van der Waals surface area contributed by atoms with Crippen LogP contribution in [0.4, 0.5) is 17.6 Å². The Balaban J connectivity index is 3.47. The summed E-state index contributed by atoms with van der Waals surface area (Å²) < 4.78 is 51.4. The molecule has 0 saturated carbocycles. The summed E-state index contributed by atoms with van der Waals surface area (Å²) in [6.45, 7) is 1.57. The molecule has 0 atom stereocenters. The summed E-state index contributed by atoms with van der Waals surface area (Å²) in [7, 11) is 0. The van der Waals surface area contributed by atoms with Gasteiger partial charge in [-0.05, 0) is 24.6 Å². The molecule has 5 heteroatoms. The number of rotatable bonds is 2. The van der Waals surface area contributed by atoms with Crippen LogP contribution in [0.2, 0.25) is 0 Å². The van der Waals surface area contributed by atoms with Crippen molar-refractivity contribution in [3.63, 3.8) is 0 Å². The van der Waals surface area contributed by atoms with E-state index in [2.05, 4.69) is 15.9 Å². The first-order valence-corrected chi connectivity index (χ1v) is 5.61. The van der Waals surface area contributed by atoms with Crippen molar-refractivity contribution >= 4 is 21.5 Å². The third-order valence-corrected chi connectivity index (χ3v) is 2.74. The van der Waals surface area contributed by atoms with Crippen molar-refractivity contribution in [3.8, 4) is 0 Å². The average Bonchev–Trinajstić information content (AvgIpc) is 2.20. The summed E-state index contributed by atoms with van der Waals surface area (Å²) >= 11 is 3.05. The minimum absolute atomic E-state index is 0.174. The smallest absolute Gasteiger partial charge is 0.206 e. The van der Waals surface area contributed by atoms with E-state index in [1.807, 2.05) is 0 Å². The van der Waals surface area contributed by atoms with Gasteiger partial charge in [-0.2, -0.15) is 13.2 Å². The van der Waals surface area contributed by atoms with Gasteiger partial charge in [-0.15, -0.1) is 0 Å². The number of alkyl halides is 4. The van der Waals surface area contributed by atoms with Crippen molar-refractivity contribution in [1.29, 1.82) is 0 Å². The van der Waals surface area contributed by atoms with E-state index in [0.717, 1.165) is 18.2 Å². The fourth-order valence-corrected chi connectivity index (χ4v) is 1.98. The second kappa shape index (κ2) is 4.99. The number of benzene rings is 1. The van der Waals surface area contributed by atoms with Gasteiger partial charge in [-0.25, -0.2) is 4.39 Å². The van der Waals surface area contributed by atoms with E-state index in [1.54, 1.807) is 6.92 Å². The van der Waals surface area contributed by atoms with Crippen LogP contribution in [0.25, 0.3) is 5.57 Å². The lowest BCUT2D eigenvalue weighted by Crippen LogP contribution is -2.10. The van der Waals surface area contributed by atoms with Gasteiger partial charge in [-0.1, -0.05) is 28.1 Å². The largest absolute Gasteiger partial charge is 0.417 e.